The first-order valence-electron chi connectivity index (χ1n) is 9.74. The standard InChI is InChI=1S/C21H24F2N6O/c1-13(2)30-18-8-14(16(25)9-15(18)22)20(26)17-10-19(28-12-27-17)29-6-3-4-21(23,11-24)5-7-29/h8-10,12-13,26H,3-7,25H2,1-2H3. The van der Waals surface area contributed by atoms with Crippen molar-refractivity contribution in [2.75, 3.05) is 23.7 Å². The van der Waals surface area contributed by atoms with Crippen LogP contribution in [0.2, 0.25) is 0 Å². The summed E-state index contributed by atoms with van der Waals surface area (Å²) in [7, 11) is 0. The van der Waals surface area contributed by atoms with Gasteiger partial charge >= 0.3 is 0 Å². The van der Waals surface area contributed by atoms with Gasteiger partial charge in [-0.05, 0) is 32.8 Å². The van der Waals surface area contributed by atoms with Gasteiger partial charge in [-0.15, -0.1) is 0 Å². The van der Waals surface area contributed by atoms with Gasteiger partial charge in [-0.1, -0.05) is 0 Å². The fourth-order valence-corrected chi connectivity index (χ4v) is 3.36. The molecule has 0 saturated carbocycles. The van der Waals surface area contributed by atoms with E-state index in [4.69, 9.17) is 21.1 Å². The molecule has 30 heavy (non-hydrogen) atoms. The van der Waals surface area contributed by atoms with E-state index in [0.29, 0.717) is 36.6 Å². The van der Waals surface area contributed by atoms with E-state index in [-0.39, 0.29) is 36.1 Å². The average Bonchev–Trinajstić information content (AvgIpc) is 2.92. The van der Waals surface area contributed by atoms with E-state index in [2.05, 4.69) is 9.97 Å². The Morgan fingerprint density at radius 2 is 2.07 bits per heavy atom. The zero-order valence-corrected chi connectivity index (χ0v) is 17.0. The number of aromatic nitrogens is 2. The zero-order chi connectivity index (χ0) is 21.9. The summed E-state index contributed by atoms with van der Waals surface area (Å²) >= 11 is 0. The molecule has 2 aromatic rings. The number of halogens is 2. The van der Waals surface area contributed by atoms with Gasteiger partial charge in [0.2, 0.25) is 0 Å². The summed E-state index contributed by atoms with van der Waals surface area (Å²) in [5, 5.41) is 17.6. The maximum Gasteiger partial charge on any atom is 0.198 e. The van der Waals surface area contributed by atoms with Crippen LogP contribution in [-0.2, 0) is 0 Å². The number of rotatable bonds is 5. The highest BCUT2D eigenvalue weighted by Crippen LogP contribution is 2.29. The van der Waals surface area contributed by atoms with Gasteiger partial charge in [-0.2, -0.15) is 5.26 Å². The maximum absolute atomic E-state index is 14.4. The van der Waals surface area contributed by atoms with Crippen molar-refractivity contribution >= 4 is 17.2 Å². The number of alkyl halides is 1. The van der Waals surface area contributed by atoms with Crippen molar-refractivity contribution in [1.29, 1.82) is 10.7 Å². The molecule has 9 heteroatoms. The van der Waals surface area contributed by atoms with Crippen LogP contribution in [0.1, 0.15) is 44.4 Å². The van der Waals surface area contributed by atoms with E-state index < -0.39 is 11.5 Å². The lowest BCUT2D eigenvalue weighted by molar-refractivity contribution is 0.218. The van der Waals surface area contributed by atoms with Gasteiger partial charge in [0.05, 0.1) is 17.5 Å². The second-order valence-electron chi connectivity index (χ2n) is 7.59. The van der Waals surface area contributed by atoms with E-state index in [1.54, 1.807) is 26.0 Å². The minimum absolute atomic E-state index is 0.00330. The highest BCUT2D eigenvalue weighted by atomic mass is 19.1. The van der Waals surface area contributed by atoms with Gasteiger partial charge in [0.15, 0.2) is 17.2 Å². The molecule has 1 fully saturated rings. The highest BCUT2D eigenvalue weighted by Gasteiger charge is 2.32. The highest BCUT2D eigenvalue weighted by molar-refractivity contribution is 6.13. The molecule has 1 aromatic heterocycles. The quantitative estimate of drug-likeness (QED) is 0.571. The minimum atomic E-state index is -1.83. The molecule has 1 unspecified atom stereocenters. The van der Waals surface area contributed by atoms with Crippen LogP contribution in [-0.4, -0.2) is 40.5 Å². The Balaban J connectivity index is 1.88. The predicted molar refractivity (Wildman–Crippen MR) is 110 cm³/mol. The van der Waals surface area contributed by atoms with Gasteiger partial charge in [-0.25, -0.2) is 18.7 Å². The number of ether oxygens (including phenoxy) is 1. The molecule has 1 saturated heterocycles. The topological polar surface area (TPSA) is 112 Å². The van der Waals surface area contributed by atoms with Crippen molar-refractivity contribution in [3.05, 3.63) is 41.6 Å². The van der Waals surface area contributed by atoms with Crippen LogP contribution >= 0.6 is 0 Å². The molecule has 158 valence electrons. The Bertz CT molecular complexity index is 990. The lowest BCUT2D eigenvalue weighted by atomic mass is 9.99. The molecule has 0 bridgehead atoms. The van der Waals surface area contributed by atoms with Crippen LogP contribution in [0.3, 0.4) is 0 Å². The summed E-state index contributed by atoms with van der Waals surface area (Å²) in [4.78, 5) is 10.3. The van der Waals surface area contributed by atoms with Gasteiger partial charge in [0, 0.05) is 42.9 Å². The summed E-state index contributed by atoms with van der Waals surface area (Å²) < 4.78 is 34.0. The number of nitrogens with zero attached hydrogens (tertiary/aromatic N) is 4. The van der Waals surface area contributed by atoms with Crippen LogP contribution in [0, 0.1) is 22.6 Å². The number of hydrogen-bond acceptors (Lipinski definition) is 7. The third-order valence-electron chi connectivity index (χ3n) is 4.95. The minimum Gasteiger partial charge on any atom is -0.488 e. The average molecular weight is 414 g/mol. The Hall–Kier alpha value is -3.28. The van der Waals surface area contributed by atoms with Gasteiger partial charge in [0.1, 0.15) is 18.2 Å². The van der Waals surface area contributed by atoms with Crippen molar-refractivity contribution in [1.82, 2.24) is 9.97 Å². The second-order valence-corrected chi connectivity index (χ2v) is 7.59. The fraction of sp³-hybridized carbons (Fsp3) is 0.429. The van der Waals surface area contributed by atoms with E-state index in [1.807, 2.05) is 4.90 Å². The molecule has 0 amide bonds. The first-order chi connectivity index (χ1) is 14.2. The van der Waals surface area contributed by atoms with Gasteiger partial charge < -0.3 is 15.4 Å². The van der Waals surface area contributed by atoms with E-state index in [9.17, 15) is 8.78 Å². The molecule has 0 aliphatic carbocycles. The summed E-state index contributed by atoms with van der Waals surface area (Å²) in [5.41, 5.74) is 4.80. The smallest absolute Gasteiger partial charge is 0.198 e. The molecular weight excluding hydrogens is 390 g/mol. The number of benzene rings is 1. The summed E-state index contributed by atoms with van der Waals surface area (Å²) in [6.45, 7) is 4.43. The normalized spacial score (nSPS) is 19.3. The van der Waals surface area contributed by atoms with Crippen LogP contribution in [0.5, 0.6) is 5.75 Å². The largest absolute Gasteiger partial charge is 0.488 e. The molecule has 2 heterocycles. The van der Waals surface area contributed by atoms with E-state index in [1.165, 1.54) is 12.4 Å². The number of anilines is 2. The predicted octanol–water partition coefficient (Wildman–Crippen LogP) is 3.62. The van der Waals surface area contributed by atoms with Crippen molar-refractivity contribution in [3.8, 4) is 11.8 Å². The molecule has 3 rings (SSSR count). The van der Waals surface area contributed by atoms with Gasteiger partial charge in [-0.3, -0.25) is 5.41 Å². The van der Waals surface area contributed by atoms with Crippen molar-refractivity contribution in [2.45, 2.75) is 44.9 Å². The van der Waals surface area contributed by atoms with Gasteiger partial charge in [0.25, 0.3) is 0 Å². The van der Waals surface area contributed by atoms with E-state index >= 15 is 0 Å². The molecule has 0 radical (unpaired) electrons. The van der Waals surface area contributed by atoms with Crippen LogP contribution in [0.25, 0.3) is 0 Å². The van der Waals surface area contributed by atoms with E-state index in [0.717, 1.165) is 6.07 Å². The second kappa shape index (κ2) is 8.61. The van der Waals surface area contributed by atoms with Crippen molar-refractivity contribution in [3.63, 3.8) is 0 Å². The lowest BCUT2D eigenvalue weighted by Crippen LogP contribution is -2.28. The van der Waals surface area contributed by atoms with Crippen molar-refractivity contribution < 1.29 is 13.5 Å². The van der Waals surface area contributed by atoms with Crippen LogP contribution in [0.4, 0.5) is 20.3 Å². The number of hydrogen-bond donors (Lipinski definition) is 2. The molecule has 1 atom stereocenters. The fourth-order valence-electron chi connectivity index (χ4n) is 3.36. The number of nitrogens with two attached hydrogens (primary N) is 1. The number of nitrogens with one attached hydrogen (secondary N) is 1. The molecular formula is C21H24F2N6O. The first kappa shape index (κ1) is 21.4. The Morgan fingerprint density at radius 1 is 1.30 bits per heavy atom. The first-order valence-corrected chi connectivity index (χ1v) is 9.74. The Kier molecular flexibility index (Phi) is 6.15. The Morgan fingerprint density at radius 3 is 2.77 bits per heavy atom. The molecule has 1 aromatic carbocycles. The molecule has 0 spiro atoms. The SMILES string of the molecule is CC(C)Oc1cc(C(=N)c2cc(N3CCCC(F)(C#N)CC3)ncn2)c(N)cc1F. The third kappa shape index (κ3) is 4.64. The monoisotopic (exact) mass is 414 g/mol. The maximum atomic E-state index is 14.4. The summed E-state index contributed by atoms with van der Waals surface area (Å²) in [6, 6.07) is 5.89. The summed E-state index contributed by atoms with van der Waals surface area (Å²) in [6.07, 6.45) is 1.86. The molecule has 1 aliphatic heterocycles. The number of nitriles is 1. The summed E-state index contributed by atoms with van der Waals surface area (Å²) in [5.74, 6) is -0.0549. The molecule has 1 aliphatic rings. The molecule has 3 N–H and O–H groups in total. The Labute approximate surface area is 174 Å². The third-order valence-corrected chi connectivity index (χ3v) is 4.95. The number of nitrogen functional groups attached to an aromatic ring is 1. The zero-order valence-electron chi connectivity index (χ0n) is 17.0. The lowest BCUT2D eigenvalue weighted by Gasteiger charge is -2.22. The van der Waals surface area contributed by atoms with Crippen LogP contribution < -0.4 is 15.4 Å². The molecule has 7 nitrogen and oxygen atoms in total. The van der Waals surface area contributed by atoms with Crippen molar-refractivity contribution in [2.24, 2.45) is 0 Å². The van der Waals surface area contributed by atoms with Crippen LogP contribution in [0.15, 0.2) is 24.5 Å².